The monoisotopic (exact) mass is 425 g/mol. The Bertz CT molecular complexity index is 929. The SMILES string of the molecule is COCCCNC(=O)N1CCC2(CC1)C(=O)N(c1cccc(F)c1)C2c1ccccc1. The van der Waals surface area contributed by atoms with Gasteiger partial charge in [0.25, 0.3) is 0 Å². The van der Waals surface area contributed by atoms with Crippen molar-refractivity contribution in [1.29, 1.82) is 0 Å². The summed E-state index contributed by atoms with van der Waals surface area (Å²) >= 11 is 0. The number of hydrogen-bond donors (Lipinski definition) is 1. The van der Waals surface area contributed by atoms with Gasteiger partial charge in [-0.2, -0.15) is 0 Å². The highest BCUT2D eigenvalue weighted by atomic mass is 19.1. The summed E-state index contributed by atoms with van der Waals surface area (Å²) in [6.07, 6.45) is 1.93. The molecule has 4 rings (SSSR count). The first kappa shape index (κ1) is 21.3. The van der Waals surface area contributed by atoms with Crippen LogP contribution < -0.4 is 10.2 Å². The van der Waals surface area contributed by atoms with E-state index in [4.69, 9.17) is 4.74 Å². The van der Waals surface area contributed by atoms with Crippen molar-refractivity contribution in [3.05, 3.63) is 66.0 Å². The minimum Gasteiger partial charge on any atom is -0.385 e. The van der Waals surface area contributed by atoms with Crippen molar-refractivity contribution in [1.82, 2.24) is 10.2 Å². The van der Waals surface area contributed by atoms with Crippen LogP contribution in [0, 0.1) is 11.2 Å². The summed E-state index contributed by atoms with van der Waals surface area (Å²) in [6.45, 7) is 2.20. The van der Waals surface area contributed by atoms with Crippen molar-refractivity contribution in [2.75, 3.05) is 38.3 Å². The summed E-state index contributed by atoms with van der Waals surface area (Å²) in [5.74, 6) is -0.356. The molecule has 3 amide bonds. The van der Waals surface area contributed by atoms with Gasteiger partial charge in [0.15, 0.2) is 0 Å². The molecule has 1 atom stereocenters. The van der Waals surface area contributed by atoms with Gasteiger partial charge in [0.1, 0.15) is 5.82 Å². The summed E-state index contributed by atoms with van der Waals surface area (Å²) in [7, 11) is 1.64. The molecule has 0 saturated carbocycles. The van der Waals surface area contributed by atoms with Crippen molar-refractivity contribution in [3.8, 4) is 0 Å². The van der Waals surface area contributed by atoms with Crippen LogP contribution in [0.2, 0.25) is 0 Å². The number of amides is 3. The molecule has 2 saturated heterocycles. The van der Waals surface area contributed by atoms with E-state index in [-0.39, 0.29) is 23.8 Å². The highest BCUT2D eigenvalue weighted by molar-refractivity contribution is 6.06. The second kappa shape index (κ2) is 9.06. The Balaban J connectivity index is 1.51. The van der Waals surface area contributed by atoms with Gasteiger partial charge in [-0.1, -0.05) is 36.4 Å². The Morgan fingerprint density at radius 3 is 2.58 bits per heavy atom. The molecule has 0 aromatic heterocycles. The lowest BCUT2D eigenvalue weighted by Gasteiger charge is -2.59. The third-order valence-electron chi connectivity index (χ3n) is 6.37. The lowest BCUT2D eigenvalue weighted by molar-refractivity contribution is -0.144. The van der Waals surface area contributed by atoms with Crippen LogP contribution in [0.1, 0.15) is 30.9 Å². The number of nitrogens with zero attached hydrogens (tertiary/aromatic N) is 2. The number of anilines is 1. The Morgan fingerprint density at radius 1 is 1.16 bits per heavy atom. The third kappa shape index (κ3) is 4.02. The molecule has 2 heterocycles. The fraction of sp³-hybridized carbons (Fsp3) is 0.417. The lowest BCUT2D eigenvalue weighted by Crippen LogP contribution is -2.67. The predicted octanol–water partition coefficient (Wildman–Crippen LogP) is 3.74. The highest BCUT2D eigenvalue weighted by Crippen LogP contribution is 2.57. The average molecular weight is 426 g/mol. The number of nitrogens with one attached hydrogen (secondary N) is 1. The zero-order valence-corrected chi connectivity index (χ0v) is 17.7. The Labute approximate surface area is 182 Å². The number of carbonyl (C=O) groups is 2. The molecule has 2 aromatic rings. The second-order valence-corrected chi connectivity index (χ2v) is 8.19. The second-order valence-electron chi connectivity index (χ2n) is 8.19. The first-order valence-electron chi connectivity index (χ1n) is 10.7. The Kier molecular flexibility index (Phi) is 6.23. The number of β-lactam (4-membered cyclic amide) rings is 1. The fourth-order valence-electron chi connectivity index (χ4n) is 4.77. The molecule has 1 N–H and O–H groups in total. The molecular formula is C24H28FN3O3. The van der Waals surface area contributed by atoms with Crippen LogP contribution in [-0.2, 0) is 9.53 Å². The van der Waals surface area contributed by atoms with E-state index in [1.54, 1.807) is 29.0 Å². The van der Waals surface area contributed by atoms with Gasteiger partial charge in [-0.15, -0.1) is 0 Å². The molecule has 164 valence electrons. The number of likely N-dealkylation sites (tertiary alicyclic amines) is 1. The van der Waals surface area contributed by atoms with Gasteiger partial charge >= 0.3 is 6.03 Å². The number of benzene rings is 2. The van der Waals surface area contributed by atoms with Crippen LogP contribution in [0.5, 0.6) is 0 Å². The number of carbonyl (C=O) groups excluding carboxylic acids is 2. The lowest BCUT2D eigenvalue weighted by atomic mass is 9.62. The largest absolute Gasteiger partial charge is 0.385 e. The molecule has 0 bridgehead atoms. The van der Waals surface area contributed by atoms with E-state index in [0.717, 1.165) is 12.0 Å². The zero-order chi connectivity index (χ0) is 21.8. The number of ether oxygens (including phenoxy) is 1. The highest BCUT2D eigenvalue weighted by Gasteiger charge is 2.62. The van der Waals surface area contributed by atoms with E-state index >= 15 is 0 Å². The normalized spacial score (nSPS) is 19.9. The van der Waals surface area contributed by atoms with Crippen LogP contribution in [0.15, 0.2) is 54.6 Å². The molecule has 1 unspecified atom stereocenters. The molecule has 0 radical (unpaired) electrons. The zero-order valence-electron chi connectivity index (χ0n) is 17.7. The number of methoxy groups -OCH3 is 1. The third-order valence-corrected chi connectivity index (χ3v) is 6.37. The Hall–Kier alpha value is -2.93. The van der Waals surface area contributed by atoms with Crippen LogP contribution >= 0.6 is 0 Å². The summed E-state index contributed by atoms with van der Waals surface area (Å²) in [4.78, 5) is 29.4. The maximum atomic E-state index is 13.9. The first-order chi connectivity index (χ1) is 15.1. The van der Waals surface area contributed by atoms with Crippen LogP contribution in [-0.4, -0.2) is 50.2 Å². The van der Waals surface area contributed by atoms with Crippen LogP contribution in [0.3, 0.4) is 0 Å². The van der Waals surface area contributed by atoms with Crippen molar-refractivity contribution < 1.29 is 18.7 Å². The van der Waals surface area contributed by atoms with Gasteiger partial charge in [-0.25, -0.2) is 9.18 Å². The van der Waals surface area contributed by atoms with E-state index < -0.39 is 5.41 Å². The number of rotatable bonds is 6. The predicted molar refractivity (Wildman–Crippen MR) is 116 cm³/mol. The number of halogens is 1. The van der Waals surface area contributed by atoms with Gasteiger partial charge in [-0.05, 0) is 43.0 Å². The average Bonchev–Trinajstić information content (AvgIpc) is 2.80. The molecule has 1 spiro atoms. The van der Waals surface area contributed by atoms with Crippen LogP contribution in [0.4, 0.5) is 14.9 Å². The van der Waals surface area contributed by atoms with E-state index in [9.17, 15) is 14.0 Å². The summed E-state index contributed by atoms with van der Waals surface area (Å²) in [5.41, 5.74) is 1.03. The maximum Gasteiger partial charge on any atom is 0.317 e. The molecule has 2 aromatic carbocycles. The van der Waals surface area contributed by atoms with Gasteiger partial charge in [0.2, 0.25) is 5.91 Å². The molecule has 2 aliphatic heterocycles. The summed E-state index contributed by atoms with van der Waals surface area (Å²) in [5, 5.41) is 2.92. The van der Waals surface area contributed by atoms with Crippen molar-refractivity contribution >= 4 is 17.6 Å². The molecular weight excluding hydrogens is 397 g/mol. The van der Waals surface area contributed by atoms with Crippen molar-refractivity contribution in [2.24, 2.45) is 5.41 Å². The molecule has 2 aliphatic rings. The van der Waals surface area contributed by atoms with Gasteiger partial charge in [0.05, 0.1) is 11.5 Å². The molecule has 2 fully saturated rings. The van der Waals surface area contributed by atoms with E-state index in [2.05, 4.69) is 5.32 Å². The van der Waals surface area contributed by atoms with Gasteiger partial charge in [-0.3, -0.25) is 4.79 Å². The first-order valence-corrected chi connectivity index (χ1v) is 10.7. The fourth-order valence-corrected chi connectivity index (χ4v) is 4.77. The standard InChI is InChI=1S/C24H28FN3O3/c1-31-16-6-13-26-23(30)27-14-11-24(12-15-27)21(18-7-3-2-4-8-18)28(22(24)29)20-10-5-9-19(25)17-20/h2-5,7-10,17,21H,6,11-16H2,1H3,(H,26,30). The van der Waals surface area contributed by atoms with E-state index in [0.29, 0.717) is 44.8 Å². The molecule has 7 heteroatoms. The molecule has 31 heavy (non-hydrogen) atoms. The molecule has 0 aliphatic carbocycles. The van der Waals surface area contributed by atoms with Gasteiger partial charge < -0.3 is 19.9 Å². The minimum atomic E-state index is -0.569. The number of hydrogen-bond acceptors (Lipinski definition) is 3. The summed E-state index contributed by atoms with van der Waals surface area (Å²) < 4.78 is 18.9. The number of piperidine rings is 1. The topological polar surface area (TPSA) is 61.9 Å². The quantitative estimate of drug-likeness (QED) is 0.567. The van der Waals surface area contributed by atoms with Crippen molar-refractivity contribution in [3.63, 3.8) is 0 Å². The smallest absolute Gasteiger partial charge is 0.317 e. The number of urea groups is 1. The summed E-state index contributed by atoms with van der Waals surface area (Å²) in [6, 6.07) is 15.8. The molecule has 6 nitrogen and oxygen atoms in total. The van der Waals surface area contributed by atoms with E-state index in [1.807, 2.05) is 30.3 Å². The van der Waals surface area contributed by atoms with Gasteiger partial charge in [0, 0.05) is 39.0 Å². The minimum absolute atomic E-state index is 0.00658. The van der Waals surface area contributed by atoms with E-state index in [1.165, 1.54) is 12.1 Å². The maximum absolute atomic E-state index is 13.9. The van der Waals surface area contributed by atoms with Crippen molar-refractivity contribution in [2.45, 2.75) is 25.3 Å². The Morgan fingerprint density at radius 2 is 1.90 bits per heavy atom. The van der Waals surface area contributed by atoms with Crippen LogP contribution in [0.25, 0.3) is 0 Å².